The Balaban J connectivity index is 1.62. The van der Waals surface area contributed by atoms with Gasteiger partial charge in [-0.1, -0.05) is 24.3 Å². The van der Waals surface area contributed by atoms with E-state index in [0.717, 1.165) is 10.0 Å². The number of hydrogen-bond donors (Lipinski definition) is 1. The molecule has 1 aliphatic rings. The number of hydrogen-bond acceptors (Lipinski definition) is 2. The molecule has 0 aromatic heterocycles. The molecule has 0 bridgehead atoms. The van der Waals surface area contributed by atoms with Crippen LogP contribution in [0.4, 0.5) is 10.1 Å². The molecule has 1 unspecified atom stereocenters. The third-order valence-corrected chi connectivity index (χ3v) is 4.70. The molecule has 0 aliphatic carbocycles. The molecule has 2 amide bonds. The van der Waals surface area contributed by atoms with Gasteiger partial charge in [-0.25, -0.2) is 4.39 Å². The lowest BCUT2D eigenvalue weighted by Gasteiger charge is -2.17. The molecule has 2 aromatic carbocycles. The fraction of sp³-hybridized carbons (Fsp3) is 0.222. The number of carbonyl (C=O) groups is 2. The van der Waals surface area contributed by atoms with Crippen molar-refractivity contribution in [1.29, 1.82) is 0 Å². The molecule has 0 spiro atoms. The Kier molecular flexibility index (Phi) is 4.94. The average molecular weight is 391 g/mol. The number of amides is 2. The van der Waals surface area contributed by atoms with Crippen molar-refractivity contribution < 1.29 is 14.0 Å². The molecule has 24 heavy (non-hydrogen) atoms. The van der Waals surface area contributed by atoms with E-state index >= 15 is 0 Å². The second-order valence-corrected chi connectivity index (χ2v) is 6.63. The van der Waals surface area contributed by atoms with E-state index in [0.29, 0.717) is 18.8 Å². The van der Waals surface area contributed by atoms with Crippen LogP contribution in [-0.4, -0.2) is 23.3 Å². The molecule has 1 N–H and O–H groups in total. The van der Waals surface area contributed by atoms with Gasteiger partial charge in [-0.2, -0.15) is 0 Å². The van der Waals surface area contributed by atoms with E-state index in [4.69, 9.17) is 0 Å². The van der Waals surface area contributed by atoms with Crippen molar-refractivity contribution in [3.8, 4) is 0 Å². The van der Waals surface area contributed by atoms with Crippen LogP contribution in [0.1, 0.15) is 12.0 Å². The highest BCUT2D eigenvalue weighted by Crippen LogP contribution is 2.25. The molecule has 1 saturated heterocycles. The van der Waals surface area contributed by atoms with Gasteiger partial charge in [0.05, 0.1) is 11.6 Å². The van der Waals surface area contributed by atoms with E-state index in [1.807, 2.05) is 18.2 Å². The van der Waals surface area contributed by atoms with E-state index in [9.17, 15) is 14.0 Å². The Bertz CT molecular complexity index is 764. The summed E-state index contributed by atoms with van der Waals surface area (Å²) in [5.74, 6) is -0.925. The standard InChI is InChI=1S/C18H16BrFN2O2/c19-15-3-1-2-4-16(15)21-18(24)13-9-17(23)22(11-13)10-12-5-7-14(20)8-6-12/h1-8,13H,9-11H2,(H,21,24). The van der Waals surface area contributed by atoms with Crippen LogP contribution in [0.5, 0.6) is 0 Å². The molecule has 124 valence electrons. The van der Waals surface area contributed by atoms with E-state index in [2.05, 4.69) is 21.2 Å². The Morgan fingerprint density at radius 3 is 2.62 bits per heavy atom. The van der Waals surface area contributed by atoms with Crippen molar-refractivity contribution in [2.45, 2.75) is 13.0 Å². The summed E-state index contributed by atoms with van der Waals surface area (Å²) in [6.45, 7) is 0.754. The Morgan fingerprint density at radius 2 is 1.92 bits per heavy atom. The number of benzene rings is 2. The first-order valence-electron chi connectivity index (χ1n) is 7.60. The summed E-state index contributed by atoms with van der Waals surface area (Å²) in [4.78, 5) is 26.2. The highest BCUT2D eigenvalue weighted by Gasteiger charge is 2.34. The molecule has 0 saturated carbocycles. The van der Waals surface area contributed by atoms with Gasteiger partial charge in [0, 0.05) is 24.0 Å². The number of likely N-dealkylation sites (tertiary alicyclic amines) is 1. The van der Waals surface area contributed by atoms with Crippen LogP contribution in [0.2, 0.25) is 0 Å². The average Bonchev–Trinajstić information content (AvgIpc) is 2.93. The van der Waals surface area contributed by atoms with Crippen molar-refractivity contribution in [2.24, 2.45) is 5.92 Å². The lowest BCUT2D eigenvalue weighted by Crippen LogP contribution is -2.28. The second kappa shape index (κ2) is 7.13. The number of rotatable bonds is 4. The van der Waals surface area contributed by atoms with Crippen LogP contribution in [0.15, 0.2) is 53.0 Å². The number of halogens is 2. The Hall–Kier alpha value is -2.21. The number of nitrogens with zero attached hydrogens (tertiary/aromatic N) is 1. The van der Waals surface area contributed by atoms with Crippen LogP contribution < -0.4 is 5.32 Å². The minimum Gasteiger partial charge on any atom is -0.338 e. The van der Waals surface area contributed by atoms with Crippen LogP contribution in [-0.2, 0) is 16.1 Å². The summed E-state index contributed by atoms with van der Waals surface area (Å²) in [6.07, 6.45) is 0.192. The maximum Gasteiger partial charge on any atom is 0.229 e. The Morgan fingerprint density at radius 1 is 1.21 bits per heavy atom. The molecular weight excluding hydrogens is 375 g/mol. The lowest BCUT2D eigenvalue weighted by molar-refractivity contribution is -0.128. The molecule has 3 rings (SSSR count). The van der Waals surface area contributed by atoms with Gasteiger partial charge >= 0.3 is 0 Å². The third kappa shape index (κ3) is 3.82. The zero-order chi connectivity index (χ0) is 17.1. The van der Waals surface area contributed by atoms with Gasteiger partial charge in [0.1, 0.15) is 5.82 Å². The normalized spacial score (nSPS) is 17.2. The molecule has 2 aromatic rings. The summed E-state index contributed by atoms with van der Waals surface area (Å²) in [5.41, 5.74) is 1.53. The van der Waals surface area contributed by atoms with Gasteiger partial charge in [0.2, 0.25) is 11.8 Å². The zero-order valence-electron chi connectivity index (χ0n) is 12.8. The Labute approximate surface area is 147 Å². The number of nitrogens with one attached hydrogen (secondary N) is 1. The second-order valence-electron chi connectivity index (χ2n) is 5.77. The van der Waals surface area contributed by atoms with Gasteiger partial charge in [-0.3, -0.25) is 9.59 Å². The first-order chi connectivity index (χ1) is 11.5. The summed E-state index contributed by atoms with van der Waals surface area (Å²) >= 11 is 3.38. The molecular formula is C18H16BrFN2O2. The summed E-state index contributed by atoms with van der Waals surface area (Å²) in [7, 11) is 0. The van der Waals surface area contributed by atoms with Crippen molar-refractivity contribution >= 4 is 33.4 Å². The number of anilines is 1. The van der Waals surface area contributed by atoms with E-state index in [-0.39, 0.29) is 30.0 Å². The largest absolute Gasteiger partial charge is 0.338 e. The minimum atomic E-state index is -0.384. The maximum absolute atomic E-state index is 12.9. The van der Waals surface area contributed by atoms with E-state index in [1.54, 1.807) is 23.1 Å². The quantitative estimate of drug-likeness (QED) is 0.867. The van der Waals surface area contributed by atoms with Gasteiger partial charge in [0.15, 0.2) is 0 Å². The monoisotopic (exact) mass is 390 g/mol. The highest BCUT2D eigenvalue weighted by molar-refractivity contribution is 9.10. The van der Waals surface area contributed by atoms with Crippen molar-refractivity contribution in [3.63, 3.8) is 0 Å². The number of carbonyl (C=O) groups excluding carboxylic acids is 2. The van der Waals surface area contributed by atoms with Crippen LogP contribution in [0.3, 0.4) is 0 Å². The number of para-hydroxylation sites is 1. The van der Waals surface area contributed by atoms with E-state index < -0.39 is 0 Å². The third-order valence-electron chi connectivity index (χ3n) is 4.00. The minimum absolute atomic E-state index is 0.0633. The van der Waals surface area contributed by atoms with Crippen molar-refractivity contribution in [3.05, 3.63) is 64.4 Å². The van der Waals surface area contributed by atoms with E-state index in [1.165, 1.54) is 12.1 Å². The summed E-state index contributed by atoms with van der Waals surface area (Å²) < 4.78 is 13.7. The first kappa shape index (κ1) is 16.6. The smallest absolute Gasteiger partial charge is 0.229 e. The first-order valence-corrected chi connectivity index (χ1v) is 8.40. The molecule has 1 fully saturated rings. The van der Waals surface area contributed by atoms with Crippen molar-refractivity contribution in [2.75, 3.05) is 11.9 Å². The van der Waals surface area contributed by atoms with Crippen molar-refractivity contribution in [1.82, 2.24) is 4.90 Å². The maximum atomic E-state index is 12.9. The van der Waals surface area contributed by atoms with Gasteiger partial charge in [0.25, 0.3) is 0 Å². The SMILES string of the molecule is O=C(Nc1ccccc1Br)C1CC(=O)N(Cc2ccc(F)cc2)C1. The van der Waals surface area contributed by atoms with Crippen LogP contribution in [0, 0.1) is 11.7 Å². The fourth-order valence-electron chi connectivity index (χ4n) is 2.71. The summed E-state index contributed by atoms with van der Waals surface area (Å²) in [5, 5.41) is 2.85. The predicted octanol–water partition coefficient (Wildman–Crippen LogP) is 3.58. The van der Waals surface area contributed by atoms with Gasteiger partial charge in [-0.05, 0) is 45.8 Å². The topological polar surface area (TPSA) is 49.4 Å². The zero-order valence-corrected chi connectivity index (χ0v) is 14.4. The molecule has 0 radical (unpaired) electrons. The lowest BCUT2D eigenvalue weighted by atomic mass is 10.1. The molecule has 6 heteroatoms. The van der Waals surface area contributed by atoms with Crippen LogP contribution in [0.25, 0.3) is 0 Å². The van der Waals surface area contributed by atoms with Gasteiger partial charge in [-0.15, -0.1) is 0 Å². The predicted molar refractivity (Wildman–Crippen MR) is 92.7 cm³/mol. The fourth-order valence-corrected chi connectivity index (χ4v) is 3.09. The van der Waals surface area contributed by atoms with Gasteiger partial charge < -0.3 is 10.2 Å². The molecule has 1 aliphatic heterocycles. The molecule has 4 nitrogen and oxygen atoms in total. The highest BCUT2D eigenvalue weighted by atomic mass is 79.9. The summed E-state index contributed by atoms with van der Waals surface area (Å²) in [6, 6.07) is 13.4. The molecule has 1 heterocycles. The van der Waals surface area contributed by atoms with Crippen LogP contribution >= 0.6 is 15.9 Å². The molecule has 1 atom stereocenters.